The molecule has 0 atom stereocenters. The van der Waals surface area contributed by atoms with Crippen molar-refractivity contribution in [2.24, 2.45) is 0 Å². The van der Waals surface area contributed by atoms with Crippen molar-refractivity contribution in [3.63, 3.8) is 0 Å². The minimum atomic E-state index is -0.586. The maximum Gasteiger partial charge on any atom is 0.336 e. The van der Waals surface area contributed by atoms with Crippen molar-refractivity contribution in [3.05, 3.63) is 99.4 Å². The lowest BCUT2D eigenvalue weighted by Crippen LogP contribution is -1.99. The normalized spacial score (nSPS) is 11.0. The molecule has 0 radical (unpaired) electrons. The van der Waals surface area contributed by atoms with Crippen molar-refractivity contribution in [1.82, 2.24) is 9.97 Å². The van der Waals surface area contributed by atoms with Gasteiger partial charge >= 0.3 is 5.63 Å². The number of nitro benzene ring substituents is 1. The van der Waals surface area contributed by atoms with Crippen LogP contribution in [0.25, 0.3) is 33.0 Å². The molecule has 0 aliphatic carbocycles. The summed E-state index contributed by atoms with van der Waals surface area (Å²) in [5, 5.41) is 11.9. The van der Waals surface area contributed by atoms with Crippen molar-refractivity contribution in [2.45, 2.75) is 0 Å². The van der Waals surface area contributed by atoms with Crippen LogP contribution in [-0.4, -0.2) is 14.9 Å². The van der Waals surface area contributed by atoms with Crippen LogP contribution in [0.2, 0.25) is 0 Å². The van der Waals surface area contributed by atoms with Gasteiger partial charge in [-0.2, -0.15) is 0 Å². The quantitative estimate of drug-likeness (QED) is 0.218. The highest BCUT2D eigenvalue weighted by molar-refractivity contribution is 5.94. The van der Waals surface area contributed by atoms with Crippen molar-refractivity contribution in [3.8, 4) is 22.8 Å². The van der Waals surface area contributed by atoms with Crippen molar-refractivity contribution in [1.29, 1.82) is 0 Å². The topological polar surface area (TPSA) is 108 Å². The van der Waals surface area contributed by atoms with E-state index in [1.54, 1.807) is 24.3 Å². The van der Waals surface area contributed by atoms with Crippen LogP contribution in [0.5, 0.6) is 11.6 Å². The van der Waals surface area contributed by atoms with Crippen LogP contribution in [0, 0.1) is 15.9 Å². The SMILES string of the molecule is O=c1cc(-c2ccc([N+](=O)[O-])cc2)c2ccc(Oc3ncnc4ccc(F)cc34)cc2o1. The first-order valence-electron chi connectivity index (χ1n) is 9.39. The lowest BCUT2D eigenvalue weighted by molar-refractivity contribution is -0.384. The second kappa shape index (κ2) is 7.55. The molecule has 156 valence electrons. The minimum Gasteiger partial charge on any atom is -0.438 e. The monoisotopic (exact) mass is 429 g/mol. The molecule has 5 rings (SSSR count). The van der Waals surface area contributed by atoms with E-state index in [0.29, 0.717) is 33.2 Å². The van der Waals surface area contributed by atoms with Gasteiger partial charge in [0.2, 0.25) is 5.88 Å². The summed E-state index contributed by atoms with van der Waals surface area (Å²) in [6, 6.07) is 16.2. The van der Waals surface area contributed by atoms with E-state index in [4.69, 9.17) is 9.15 Å². The Morgan fingerprint density at radius 3 is 2.53 bits per heavy atom. The number of nitrogens with zero attached hydrogens (tertiary/aromatic N) is 3. The second-order valence-electron chi connectivity index (χ2n) is 6.88. The molecule has 0 unspecified atom stereocenters. The fourth-order valence-electron chi connectivity index (χ4n) is 3.41. The number of non-ortho nitro benzene ring substituents is 1. The Hall–Kier alpha value is -4.66. The fourth-order valence-corrected chi connectivity index (χ4v) is 3.41. The summed E-state index contributed by atoms with van der Waals surface area (Å²) in [7, 11) is 0. The number of hydrogen-bond donors (Lipinski definition) is 0. The van der Waals surface area contributed by atoms with Gasteiger partial charge in [0, 0.05) is 29.7 Å². The Kier molecular flexibility index (Phi) is 4.55. The molecule has 0 saturated carbocycles. The van der Waals surface area contributed by atoms with Crippen molar-refractivity contribution in [2.75, 3.05) is 0 Å². The molecular formula is C23H12FN3O5. The Bertz CT molecular complexity index is 1560. The first kappa shape index (κ1) is 19.3. The smallest absolute Gasteiger partial charge is 0.336 e. The lowest BCUT2D eigenvalue weighted by atomic mass is 10.0. The van der Waals surface area contributed by atoms with Crippen LogP contribution >= 0.6 is 0 Å². The number of halogens is 1. The maximum absolute atomic E-state index is 13.7. The molecule has 8 nitrogen and oxygen atoms in total. The molecule has 0 aliphatic heterocycles. The van der Waals surface area contributed by atoms with Gasteiger partial charge in [-0.1, -0.05) is 0 Å². The molecule has 9 heteroatoms. The number of ether oxygens (including phenoxy) is 1. The predicted octanol–water partition coefficient (Wildman–Crippen LogP) is 5.24. The zero-order valence-electron chi connectivity index (χ0n) is 16.2. The van der Waals surface area contributed by atoms with Gasteiger partial charge in [0.05, 0.1) is 15.8 Å². The second-order valence-corrected chi connectivity index (χ2v) is 6.88. The molecule has 5 aromatic rings. The largest absolute Gasteiger partial charge is 0.438 e. The lowest BCUT2D eigenvalue weighted by Gasteiger charge is -2.10. The average Bonchev–Trinajstić information content (AvgIpc) is 2.79. The first-order chi connectivity index (χ1) is 15.5. The first-order valence-corrected chi connectivity index (χ1v) is 9.39. The number of fused-ring (bicyclic) bond motifs is 2. The number of benzene rings is 3. The van der Waals surface area contributed by atoms with Crippen molar-refractivity contribution >= 4 is 27.6 Å². The van der Waals surface area contributed by atoms with E-state index < -0.39 is 16.4 Å². The molecule has 0 fully saturated rings. The summed E-state index contributed by atoms with van der Waals surface area (Å²) in [4.78, 5) is 30.7. The molecule has 32 heavy (non-hydrogen) atoms. The Balaban J connectivity index is 1.58. The maximum atomic E-state index is 13.7. The standard InChI is InChI=1S/C23H12FN3O5/c24-14-3-8-20-19(9-14)23(26-12-25-20)31-16-6-7-17-18(11-22(28)32-21(17)10-16)13-1-4-15(5-2-13)27(29)30/h1-12H. The molecule has 0 amide bonds. The van der Waals surface area contributed by atoms with Gasteiger partial charge in [-0.05, 0) is 53.6 Å². The molecule has 0 bridgehead atoms. The highest BCUT2D eigenvalue weighted by atomic mass is 19.1. The zero-order valence-corrected chi connectivity index (χ0v) is 16.2. The third-order valence-corrected chi connectivity index (χ3v) is 4.88. The molecule has 0 N–H and O–H groups in total. The van der Waals surface area contributed by atoms with E-state index in [9.17, 15) is 19.3 Å². The summed E-state index contributed by atoms with van der Waals surface area (Å²) in [6.45, 7) is 0. The van der Waals surface area contributed by atoms with Crippen LogP contribution in [0.15, 0.2) is 82.3 Å². The van der Waals surface area contributed by atoms with E-state index in [-0.39, 0.29) is 17.2 Å². The van der Waals surface area contributed by atoms with E-state index >= 15 is 0 Å². The van der Waals surface area contributed by atoms with Crippen LogP contribution in [0.3, 0.4) is 0 Å². The molecule has 2 heterocycles. The summed E-state index contributed by atoms with van der Waals surface area (Å²) in [5.74, 6) is 0.0304. The van der Waals surface area contributed by atoms with Gasteiger partial charge in [0.15, 0.2) is 0 Å². The molecule has 2 aromatic heterocycles. The van der Waals surface area contributed by atoms with Gasteiger partial charge in [-0.25, -0.2) is 19.2 Å². The number of hydrogen-bond acceptors (Lipinski definition) is 7. The van der Waals surface area contributed by atoms with Gasteiger partial charge < -0.3 is 9.15 Å². The minimum absolute atomic E-state index is 0.0507. The predicted molar refractivity (Wildman–Crippen MR) is 114 cm³/mol. The number of rotatable bonds is 4. The highest BCUT2D eigenvalue weighted by Crippen LogP contribution is 2.33. The summed E-state index contributed by atoms with van der Waals surface area (Å²) < 4.78 is 24.8. The van der Waals surface area contributed by atoms with E-state index in [0.717, 1.165) is 0 Å². The molecule has 0 spiro atoms. The third-order valence-electron chi connectivity index (χ3n) is 4.88. The molecule has 0 aliphatic rings. The Morgan fingerprint density at radius 2 is 1.75 bits per heavy atom. The Morgan fingerprint density at radius 1 is 0.938 bits per heavy atom. The number of aromatic nitrogens is 2. The van der Waals surface area contributed by atoms with Crippen LogP contribution in [0.4, 0.5) is 10.1 Å². The van der Waals surface area contributed by atoms with E-state index in [1.165, 1.54) is 48.8 Å². The molecular weight excluding hydrogens is 417 g/mol. The molecule has 3 aromatic carbocycles. The Labute approximate surface area is 178 Å². The summed E-state index contributed by atoms with van der Waals surface area (Å²) in [5.41, 5.74) is 1.33. The van der Waals surface area contributed by atoms with Gasteiger partial charge in [0.25, 0.3) is 5.69 Å². The van der Waals surface area contributed by atoms with Crippen molar-refractivity contribution < 1.29 is 18.5 Å². The highest BCUT2D eigenvalue weighted by Gasteiger charge is 2.13. The summed E-state index contributed by atoms with van der Waals surface area (Å²) in [6.07, 6.45) is 1.31. The van der Waals surface area contributed by atoms with E-state index in [1.807, 2.05) is 0 Å². The van der Waals surface area contributed by atoms with Crippen LogP contribution in [0.1, 0.15) is 0 Å². The zero-order chi connectivity index (χ0) is 22.2. The van der Waals surface area contributed by atoms with Gasteiger partial charge in [-0.15, -0.1) is 0 Å². The van der Waals surface area contributed by atoms with Crippen LogP contribution in [-0.2, 0) is 0 Å². The summed E-state index contributed by atoms with van der Waals surface area (Å²) >= 11 is 0. The van der Waals surface area contributed by atoms with Gasteiger partial charge in [-0.3, -0.25) is 10.1 Å². The van der Waals surface area contributed by atoms with Gasteiger partial charge in [0.1, 0.15) is 23.5 Å². The molecule has 0 saturated heterocycles. The van der Waals surface area contributed by atoms with Crippen LogP contribution < -0.4 is 10.4 Å². The third kappa shape index (κ3) is 3.52. The average molecular weight is 429 g/mol. The number of nitro groups is 1. The van der Waals surface area contributed by atoms with E-state index in [2.05, 4.69) is 9.97 Å². The fraction of sp³-hybridized carbons (Fsp3) is 0.